The van der Waals surface area contributed by atoms with E-state index in [1.54, 1.807) is 0 Å². The number of unbranched alkanes of at least 4 members (excludes halogenated alkanes) is 2. The van der Waals surface area contributed by atoms with Gasteiger partial charge in [0.05, 0.1) is 0 Å². The lowest BCUT2D eigenvalue weighted by atomic mass is 10.2. The molecule has 1 N–H and O–H groups in total. The second kappa shape index (κ2) is 7.74. The van der Waals surface area contributed by atoms with Crippen LogP contribution in [0.25, 0.3) is 0 Å². The van der Waals surface area contributed by atoms with Crippen molar-refractivity contribution in [2.45, 2.75) is 59.0 Å². The fourth-order valence-corrected chi connectivity index (χ4v) is 2.99. The van der Waals surface area contributed by atoms with E-state index in [-0.39, 0.29) is 0 Å². The normalized spacial score (nSPS) is 13.0. The van der Waals surface area contributed by atoms with E-state index >= 15 is 0 Å². The summed E-state index contributed by atoms with van der Waals surface area (Å²) in [5, 5.41) is 4.43. The smallest absolute Gasteiger partial charge is 0.185 e. The minimum atomic E-state index is 0.390. The fraction of sp³-hybridized carbons (Fsp3) is 0.786. The van der Waals surface area contributed by atoms with E-state index in [0.29, 0.717) is 12.1 Å². The molecule has 0 spiro atoms. The summed E-state index contributed by atoms with van der Waals surface area (Å²) >= 11 is 1.81. The average molecular weight is 269 g/mol. The lowest BCUT2D eigenvalue weighted by molar-refractivity contribution is 0.624. The zero-order chi connectivity index (χ0) is 13.5. The maximum absolute atomic E-state index is 4.59. The molecular weight excluding hydrogens is 242 g/mol. The highest BCUT2D eigenvalue weighted by molar-refractivity contribution is 7.15. The number of hydrogen-bond donors (Lipinski definition) is 1. The molecule has 1 heterocycles. The fourth-order valence-electron chi connectivity index (χ4n) is 1.86. The van der Waals surface area contributed by atoms with Crippen LogP contribution >= 0.6 is 11.3 Å². The quantitative estimate of drug-likeness (QED) is 0.727. The maximum Gasteiger partial charge on any atom is 0.185 e. The van der Waals surface area contributed by atoms with Crippen LogP contribution in [0.3, 0.4) is 0 Å². The first-order valence-electron chi connectivity index (χ1n) is 6.99. The summed E-state index contributed by atoms with van der Waals surface area (Å²) in [4.78, 5) is 8.33. The van der Waals surface area contributed by atoms with Gasteiger partial charge < -0.3 is 10.2 Å². The Morgan fingerprint density at radius 1 is 1.33 bits per heavy atom. The van der Waals surface area contributed by atoms with Gasteiger partial charge in [-0.3, -0.25) is 0 Å². The van der Waals surface area contributed by atoms with Crippen LogP contribution in [0.4, 0.5) is 5.13 Å². The minimum Gasteiger partial charge on any atom is -0.346 e. The number of nitrogens with one attached hydrogen (secondary N) is 1. The minimum absolute atomic E-state index is 0.390. The molecule has 1 unspecified atom stereocenters. The largest absolute Gasteiger partial charge is 0.346 e. The zero-order valence-electron chi connectivity index (χ0n) is 12.4. The molecular formula is C14H27N3S. The van der Waals surface area contributed by atoms with E-state index in [0.717, 1.165) is 6.54 Å². The molecule has 1 atom stereocenters. The van der Waals surface area contributed by atoms with Gasteiger partial charge in [-0.2, -0.15) is 0 Å². The third-order valence-electron chi connectivity index (χ3n) is 3.24. The lowest BCUT2D eigenvalue weighted by Gasteiger charge is -2.26. The summed E-state index contributed by atoms with van der Waals surface area (Å²) in [5.41, 5.74) is 0. The van der Waals surface area contributed by atoms with Crippen molar-refractivity contribution in [2.24, 2.45) is 0 Å². The van der Waals surface area contributed by atoms with Crippen molar-refractivity contribution in [3.8, 4) is 0 Å². The van der Waals surface area contributed by atoms with Crippen LogP contribution in [0.5, 0.6) is 0 Å². The molecule has 0 aliphatic rings. The first kappa shape index (κ1) is 15.4. The molecule has 0 amide bonds. The molecule has 0 radical (unpaired) electrons. The molecule has 0 bridgehead atoms. The van der Waals surface area contributed by atoms with Crippen molar-refractivity contribution < 1.29 is 0 Å². The Hall–Kier alpha value is -0.610. The van der Waals surface area contributed by atoms with E-state index in [4.69, 9.17) is 0 Å². The van der Waals surface area contributed by atoms with Gasteiger partial charge in [0, 0.05) is 29.7 Å². The van der Waals surface area contributed by atoms with Crippen LogP contribution in [0.15, 0.2) is 6.20 Å². The Morgan fingerprint density at radius 3 is 2.61 bits per heavy atom. The second-order valence-electron chi connectivity index (χ2n) is 5.05. The van der Waals surface area contributed by atoms with Gasteiger partial charge >= 0.3 is 0 Å². The van der Waals surface area contributed by atoms with E-state index in [9.17, 15) is 0 Å². The Bertz CT molecular complexity index is 336. The Kier molecular flexibility index (Phi) is 6.65. The second-order valence-corrected chi connectivity index (χ2v) is 6.09. The molecule has 0 fully saturated rings. The van der Waals surface area contributed by atoms with Crippen molar-refractivity contribution >= 4 is 16.5 Å². The van der Waals surface area contributed by atoms with Crippen molar-refractivity contribution in [2.75, 3.05) is 18.5 Å². The molecule has 0 aliphatic carbocycles. The third kappa shape index (κ3) is 4.25. The number of hydrogen-bond acceptors (Lipinski definition) is 4. The van der Waals surface area contributed by atoms with Crippen LogP contribution in [0.2, 0.25) is 0 Å². The van der Waals surface area contributed by atoms with Crippen molar-refractivity contribution in [1.82, 2.24) is 10.3 Å². The van der Waals surface area contributed by atoms with Crippen molar-refractivity contribution in [1.29, 1.82) is 0 Å². The molecule has 104 valence electrons. The molecule has 18 heavy (non-hydrogen) atoms. The van der Waals surface area contributed by atoms with Gasteiger partial charge in [-0.05, 0) is 34.2 Å². The Morgan fingerprint density at radius 2 is 2.06 bits per heavy atom. The van der Waals surface area contributed by atoms with Crippen LogP contribution in [0.1, 0.15) is 57.9 Å². The highest BCUT2D eigenvalue weighted by Gasteiger charge is 2.15. The molecule has 0 aromatic carbocycles. The number of nitrogens with zero attached hydrogens (tertiary/aromatic N) is 2. The van der Waals surface area contributed by atoms with Gasteiger partial charge in [0.25, 0.3) is 0 Å². The predicted octanol–water partition coefficient (Wildman–Crippen LogP) is 3.83. The molecule has 4 heteroatoms. The molecule has 0 saturated heterocycles. The van der Waals surface area contributed by atoms with Gasteiger partial charge in [0.1, 0.15) is 0 Å². The maximum atomic E-state index is 4.59. The highest BCUT2D eigenvalue weighted by Crippen LogP contribution is 2.28. The standard InChI is InChI=1S/C14H27N3S/c1-6-7-8-9-17(11(2)3)14-16-10-13(18-14)12(4)15-5/h10-12,15H,6-9H2,1-5H3. The summed E-state index contributed by atoms with van der Waals surface area (Å²) < 4.78 is 0. The van der Waals surface area contributed by atoms with Gasteiger partial charge in [-0.15, -0.1) is 11.3 Å². The molecule has 0 saturated carbocycles. The third-order valence-corrected chi connectivity index (χ3v) is 4.46. The highest BCUT2D eigenvalue weighted by atomic mass is 32.1. The number of aromatic nitrogens is 1. The van der Waals surface area contributed by atoms with E-state index in [2.05, 4.69) is 42.9 Å². The van der Waals surface area contributed by atoms with Crippen LogP contribution in [0, 0.1) is 0 Å². The SMILES string of the molecule is CCCCCN(c1ncc(C(C)NC)s1)C(C)C. The van der Waals surface area contributed by atoms with E-state index in [1.807, 2.05) is 24.6 Å². The molecule has 1 aromatic rings. The van der Waals surface area contributed by atoms with Crippen molar-refractivity contribution in [3.05, 3.63) is 11.1 Å². The number of rotatable bonds is 8. The molecule has 0 aliphatic heterocycles. The molecule has 1 aromatic heterocycles. The van der Waals surface area contributed by atoms with Crippen molar-refractivity contribution in [3.63, 3.8) is 0 Å². The number of anilines is 1. The first-order valence-corrected chi connectivity index (χ1v) is 7.81. The van der Waals surface area contributed by atoms with Gasteiger partial charge in [0.2, 0.25) is 0 Å². The summed E-state index contributed by atoms with van der Waals surface area (Å²) in [5.74, 6) is 0. The predicted molar refractivity (Wildman–Crippen MR) is 81.6 cm³/mol. The summed E-state index contributed by atoms with van der Waals surface area (Å²) in [6.45, 7) is 10.0. The zero-order valence-corrected chi connectivity index (χ0v) is 13.2. The lowest BCUT2D eigenvalue weighted by Crippen LogP contribution is -2.31. The van der Waals surface area contributed by atoms with E-state index < -0.39 is 0 Å². The van der Waals surface area contributed by atoms with Gasteiger partial charge in [0.15, 0.2) is 5.13 Å². The van der Waals surface area contributed by atoms with Crippen LogP contribution < -0.4 is 10.2 Å². The summed E-state index contributed by atoms with van der Waals surface area (Å²) in [6, 6.07) is 0.909. The van der Waals surface area contributed by atoms with Gasteiger partial charge in [-0.25, -0.2) is 4.98 Å². The summed E-state index contributed by atoms with van der Waals surface area (Å²) in [7, 11) is 1.99. The number of thiazole rings is 1. The molecule has 3 nitrogen and oxygen atoms in total. The Labute approximate surface area is 116 Å². The summed E-state index contributed by atoms with van der Waals surface area (Å²) in [6.07, 6.45) is 5.84. The topological polar surface area (TPSA) is 28.2 Å². The van der Waals surface area contributed by atoms with Crippen LogP contribution in [-0.2, 0) is 0 Å². The first-order chi connectivity index (χ1) is 8.60. The average Bonchev–Trinajstić information content (AvgIpc) is 2.82. The van der Waals surface area contributed by atoms with Crippen LogP contribution in [-0.4, -0.2) is 24.6 Å². The monoisotopic (exact) mass is 269 g/mol. The molecule has 1 rings (SSSR count). The van der Waals surface area contributed by atoms with E-state index in [1.165, 1.54) is 29.3 Å². The Balaban J connectivity index is 2.70. The van der Waals surface area contributed by atoms with Gasteiger partial charge in [-0.1, -0.05) is 19.8 Å².